The van der Waals surface area contributed by atoms with Crippen molar-refractivity contribution in [1.29, 1.82) is 0 Å². The number of methoxy groups -OCH3 is 1. The van der Waals surface area contributed by atoms with Crippen LogP contribution in [0.1, 0.15) is 29.3 Å². The lowest BCUT2D eigenvalue weighted by Crippen LogP contribution is -2.19. The van der Waals surface area contributed by atoms with E-state index < -0.39 is 0 Å². The van der Waals surface area contributed by atoms with Crippen molar-refractivity contribution in [2.45, 2.75) is 25.3 Å². The highest BCUT2D eigenvalue weighted by Crippen LogP contribution is 2.40. The van der Waals surface area contributed by atoms with E-state index in [0.29, 0.717) is 11.9 Å². The van der Waals surface area contributed by atoms with Crippen LogP contribution in [0.4, 0.5) is 11.4 Å². The van der Waals surface area contributed by atoms with Gasteiger partial charge in [-0.15, -0.1) is 11.3 Å². The molecule has 1 atom stereocenters. The van der Waals surface area contributed by atoms with Crippen LogP contribution in [0.25, 0.3) is 0 Å². The Balaban J connectivity index is 1.96. The predicted molar refractivity (Wildman–Crippen MR) is 88.7 cm³/mol. The Kier molecular flexibility index (Phi) is 4.01. The van der Waals surface area contributed by atoms with Gasteiger partial charge in [-0.3, -0.25) is 0 Å². The smallest absolute Gasteiger partial charge is 0.239 e. The summed E-state index contributed by atoms with van der Waals surface area (Å²) in [6.07, 6.45) is 5.37. The molecule has 1 aliphatic carbocycles. The second-order valence-corrected chi connectivity index (χ2v) is 6.50. The Hall–Kier alpha value is -1.75. The van der Waals surface area contributed by atoms with Gasteiger partial charge in [-0.2, -0.15) is 0 Å². The molecular formula is C16H21N3OS. The van der Waals surface area contributed by atoms with E-state index in [-0.39, 0.29) is 0 Å². The highest BCUT2D eigenvalue weighted by Gasteiger charge is 2.23. The minimum atomic E-state index is 0.344. The number of nitrogens with one attached hydrogen (secondary N) is 1. The van der Waals surface area contributed by atoms with Gasteiger partial charge in [0.15, 0.2) is 0 Å². The zero-order valence-corrected chi connectivity index (χ0v) is 13.5. The maximum atomic E-state index is 5.45. The topological polar surface area (TPSA) is 37.4 Å². The van der Waals surface area contributed by atoms with Crippen LogP contribution in [0, 0.1) is 0 Å². The SMILES string of the molecule is COc1nccc(N(C)C)c1NC1CCCc2sccc21. The number of thiophene rings is 1. The van der Waals surface area contributed by atoms with Crippen LogP contribution >= 0.6 is 11.3 Å². The average Bonchev–Trinajstić information content (AvgIpc) is 2.96. The number of fused-ring (bicyclic) bond motifs is 1. The van der Waals surface area contributed by atoms with Gasteiger partial charge < -0.3 is 15.0 Å². The number of aryl methyl sites for hydroxylation is 1. The molecule has 2 aromatic heterocycles. The van der Waals surface area contributed by atoms with Crippen LogP contribution < -0.4 is 15.0 Å². The quantitative estimate of drug-likeness (QED) is 0.934. The molecule has 0 fully saturated rings. The number of pyridine rings is 1. The van der Waals surface area contributed by atoms with Gasteiger partial charge in [0.25, 0.3) is 0 Å². The van der Waals surface area contributed by atoms with Crippen molar-refractivity contribution in [2.24, 2.45) is 0 Å². The molecule has 0 radical (unpaired) electrons. The first-order valence-electron chi connectivity index (χ1n) is 7.24. The summed E-state index contributed by atoms with van der Waals surface area (Å²) in [7, 11) is 5.75. The summed E-state index contributed by atoms with van der Waals surface area (Å²) in [6.45, 7) is 0. The molecule has 2 aromatic rings. The predicted octanol–water partition coefficient (Wildman–Crippen LogP) is 3.71. The fraction of sp³-hybridized carbons (Fsp3) is 0.438. The van der Waals surface area contributed by atoms with Gasteiger partial charge in [0, 0.05) is 25.2 Å². The van der Waals surface area contributed by atoms with Gasteiger partial charge in [-0.05, 0) is 42.3 Å². The molecule has 5 heteroatoms. The van der Waals surface area contributed by atoms with Crippen LogP contribution in [-0.2, 0) is 6.42 Å². The van der Waals surface area contributed by atoms with Crippen LogP contribution in [0.5, 0.6) is 5.88 Å². The zero-order chi connectivity index (χ0) is 14.8. The lowest BCUT2D eigenvalue weighted by molar-refractivity contribution is 0.399. The van der Waals surface area contributed by atoms with Crippen molar-refractivity contribution in [1.82, 2.24) is 4.98 Å². The fourth-order valence-corrected chi connectivity index (χ4v) is 3.89. The molecule has 0 bridgehead atoms. The van der Waals surface area contributed by atoms with Gasteiger partial charge >= 0.3 is 0 Å². The number of aromatic nitrogens is 1. The monoisotopic (exact) mass is 303 g/mol. The minimum Gasteiger partial charge on any atom is -0.479 e. The van der Waals surface area contributed by atoms with Crippen molar-refractivity contribution < 1.29 is 4.74 Å². The van der Waals surface area contributed by atoms with E-state index in [2.05, 4.69) is 26.6 Å². The molecule has 112 valence electrons. The molecule has 0 amide bonds. The van der Waals surface area contributed by atoms with E-state index >= 15 is 0 Å². The van der Waals surface area contributed by atoms with E-state index in [0.717, 1.165) is 17.8 Å². The number of nitrogens with zero attached hydrogens (tertiary/aromatic N) is 2. The van der Waals surface area contributed by atoms with Crippen LogP contribution in [0.15, 0.2) is 23.7 Å². The number of rotatable bonds is 4. The normalized spacial score (nSPS) is 17.2. The Bertz CT molecular complexity index is 624. The summed E-state index contributed by atoms with van der Waals surface area (Å²) in [5.41, 5.74) is 3.51. The van der Waals surface area contributed by atoms with Gasteiger partial charge in [0.05, 0.1) is 18.8 Å². The molecule has 1 unspecified atom stereocenters. The van der Waals surface area contributed by atoms with E-state index in [1.165, 1.54) is 23.3 Å². The second kappa shape index (κ2) is 5.93. The first kappa shape index (κ1) is 14.2. The summed E-state index contributed by atoms with van der Waals surface area (Å²) in [5, 5.41) is 5.86. The van der Waals surface area contributed by atoms with E-state index in [9.17, 15) is 0 Å². The number of hydrogen-bond acceptors (Lipinski definition) is 5. The molecule has 21 heavy (non-hydrogen) atoms. The first-order valence-corrected chi connectivity index (χ1v) is 8.11. The maximum absolute atomic E-state index is 5.45. The standard InChI is InChI=1S/C16H21N3OS/c1-19(2)13-7-9-17-16(20-3)15(13)18-12-5-4-6-14-11(12)8-10-21-14/h7-10,12,18H,4-6H2,1-3H3. The molecule has 0 aliphatic heterocycles. The molecule has 2 heterocycles. The van der Waals surface area contributed by atoms with Gasteiger partial charge in [-0.25, -0.2) is 4.98 Å². The average molecular weight is 303 g/mol. The highest BCUT2D eigenvalue weighted by molar-refractivity contribution is 7.10. The fourth-order valence-electron chi connectivity index (χ4n) is 2.91. The van der Waals surface area contributed by atoms with Crippen molar-refractivity contribution in [3.05, 3.63) is 34.2 Å². The molecule has 0 saturated heterocycles. The summed E-state index contributed by atoms with van der Waals surface area (Å²) in [4.78, 5) is 7.94. The third kappa shape index (κ3) is 2.70. The Labute approximate surface area is 129 Å². The van der Waals surface area contributed by atoms with E-state index in [4.69, 9.17) is 4.74 Å². The minimum absolute atomic E-state index is 0.344. The van der Waals surface area contributed by atoms with Gasteiger partial charge in [0.2, 0.25) is 5.88 Å². The largest absolute Gasteiger partial charge is 0.479 e. The molecule has 3 rings (SSSR count). The maximum Gasteiger partial charge on any atom is 0.239 e. The summed E-state index contributed by atoms with van der Waals surface area (Å²) in [5.74, 6) is 0.656. The molecular weight excluding hydrogens is 282 g/mol. The molecule has 0 saturated carbocycles. The zero-order valence-electron chi connectivity index (χ0n) is 12.7. The van der Waals surface area contributed by atoms with Crippen LogP contribution in [0.3, 0.4) is 0 Å². The highest BCUT2D eigenvalue weighted by atomic mass is 32.1. The molecule has 1 aliphatic rings. The second-order valence-electron chi connectivity index (χ2n) is 5.50. The summed E-state index contributed by atoms with van der Waals surface area (Å²) >= 11 is 1.86. The van der Waals surface area contributed by atoms with Crippen LogP contribution in [-0.4, -0.2) is 26.2 Å². The first-order chi connectivity index (χ1) is 10.2. The lowest BCUT2D eigenvalue weighted by Gasteiger charge is -2.28. The summed E-state index contributed by atoms with van der Waals surface area (Å²) < 4.78 is 5.45. The number of hydrogen-bond donors (Lipinski definition) is 1. The number of anilines is 2. The lowest BCUT2D eigenvalue weighted by atomic mass is 9.94. The molecule has 4 nitrogen and oxygen atoms in total. The Morgan fingerprint density at radius 2 is 2.24 bits per heavy atom. The van der Waals surface area contributed by atoms with Crippen molar-refractivity contribution in [3.63, 3.8) is 0 Å². The Morgan fingerprint density at radius 3 is 3.00 bits per heavy atom. The molecule has 1 N–H and O–H groups in total. The van der Waals surface area contributed by atoms with Gasteiger partial charge in [-0.1, -0.05) is 0 Å². The van der Waals surface area contributed by atoms with E-state index in [1.807, 2.05) is 31.5 Å². The third-order valence-corrected chi connectivity index (χ3v) is 4.94. The van der Waals surface area contributed by atoms with Crippen molar-refractivity contribution in [2.75, 3.05) is 31.4 Å². The van der Waals surface area contributed by atoms with Crippen molar-refractivity contribution >= 4 is 22.7 Å². The van der Waals surface area contributed by atoms with Crippen molar-refractivity contribution in [3.8, 4) is 5.88 Å². The molecule has 0 spiro atoms. The van der Waals surface area contributed by atoms with Gasteiger partial charge in [0.1, 0.15) is 5.69 Å². The summed E-state index contributed by atoms with van der Waals surface area (Å²) in [6, 6.07) is 4.61. The number of ether oxygens (including phenoxy) is 1. The Morgan fingerprint density at radius 1 is 1.38 bits per heavy atom. The molecule has 0 aromatic carbocycles. The van der Waals surface area contributed by atoms with E-state index in [1.54, 1.807) is 13.3 Å². The third-order valence-electron chi connectivity index (χ3n) is 3.94. The van der Waals surface area contributed by atoms with Crippen LogP contribution in [0.2, 0.25) is 0 Å².